The van der Waals surface area contributed by atoms with Crippen LogP contribution >= 0.6 is 0 Å². The average molecular weight is 277 g/mol. The molecule has 0 aromatic heterocycles. The molecule has 0 saturated carbocycles. The van der Waals surface area contributed by atoms with Crippen LogP contribution in [0.25, 0.3) is 0 Å². The first-order chi connectivity index (χ1) is 9.63. The summed E-state index contributed by atoms with van der Waals surface area (Å²) in [5.74, 6) is -1.17. The summed E-state index contributed by atoms with van der Waals surface area (Å²) in [5.41, 5.74) is 1.49. The molecule has 0 saturated heterocycles. The Bertz CT molecular complexity index is 525. The van der Waals surface area contributed by atoms with Crippen LogP contribution in [0.15, 0.2) is 48.5 Å². The third kappa shape index (κ3) is 4.63. The van der Waals surface area contributed by atoms with E-state index in [0.717, 1.165) is 11.8 Å². The fourth-order valence-electron chi connectivity index (χ4n) is 1.98. The molecular formula is C16H17F2NO. The lowest BCUT2D eigenvalue weighted by molar-refractivity contribution is 0.177. The normalized spacial score (nSPS) is 12.2. The van der Waals surface area contributed by atoms with Crippen molar-refractivity contribution in [2.45, 2.75) is 18.9 Å². The van der Waals surface area contributed by atoms with Crippen LogP contribution < -0.4 is 5.32 Å². The van der Waals surface area contributed by atoms with Crippen molar-refractivity contribution in [3.05, 3.63) is 65.7 Å². The van der Waals surface area contributed by atoms with Crippen molar-refractivity contribution in [3.63, 3.8) is 0 Å². The number of anilines is 1. The maximum atomic E-state index is 13.0. The summed E-state index contributed by atoms with van der Waals surface area (Å²) < 4.78 is 26.0. The zero-order valence-corrected chi connectivity index (χ0v) is 11.0. The molecule has 20 heavy (non-hydrogen) atoms. The molecule has 0 aliphatic rings. The standard InChI is InChI=1S/C16H17F2NO/c17-13-8-12(9-14(18)10-13)6-7-16(20)11-19-15-4-2-1-3-5-15/h1-5,8-10,16,19-20H,6-7,11H2/t16-/m1/s1. The Hall–Kier alpha value is -1.94. The summed E-state index contributed by atoms with van der Waals surface area (Å²) in [7, 11) is 0. The highest BCUT2D eigenvalue weighted by Crippen LogP contribution is 2.12. The summed E-state index contributed by atoms with van der Waals surface area (Å²) in [6, 6.07) is 13.0. The number of hydrogen-bond acceptors (Lipinski definition) is 2. The molecule has 0 radical (unpaired) electrons. The van der Waals surface area contributed by atoms with Gasteiger partial charge in [-0.1, -0.05) is 18.2 Å². The lowest BCUT2D eigenvalue weighted by Gasteiger charge is -2.13. The first kappa shape index (κ1) is 14.5. The quantitative estimate of drug-likeness (QED) is 0.848. The van der Waals surface area contributed by atoms with Crippen LogP contribution in [-0.2, 0) is 6.42 Å². The number of nitrogens with one attached hydrogen (secondary N) is 1. The minimum atomic E-state index is -0.586. The zero-order chi connectivity index (χ0) is 14.4. The minimum absolute atomic E-state index is 0.405. The van der Waals surface area contributed by atoms with Gasteiger partial charge < -0.3 is 10.4 Å². The van der Waals surface area contributed by atoms with Crippen molar-refractivity contribution >= 4 is 5.69 Å². The van der Waals surface area contributed by atoms with E-state index in [-0.39, 0.29) is 0 Å². The Balaban J connectivity index is 1.78. The molecule has 106 valence electrons. The molecule has 2 rings (SSSR count). The van der Waals surface area contributed by atoms with Gasteiger partial charge in [0.05, 0.1) is 6.10 Å². The molecule has 4 heteroatoms. The van der Waals surface area contributed by atoms with Crippen LogP contribution in [0, 0.1) is 11.6 Å². The van der Waals surface area contributed by atoms with Gasteiger partial charge in [0.2, 0.25) is 0 Å². The Kier molecular flexibility index (Phi) is 5.07. The zero-order valence-electron chi connectivity index (χ0n) is 11.0. The number of hydrogen-bond donors (Lipinski definition) is 2. The Morgan fingerprint density at radius 3 is 2.30 bits per heavy atom. The van der Waals surface area contributed by atoms with E-state index in [0.29, 0.717) is 24.9 Å². The van der Waals surface area contributed by atoms with Crippen LogP contribution in [0.4, 0.5) is 14.5 Å². The van der Waals surface area contributed by atoms with Crippen LogP contribution in [0.2, 0.25) is 0 Å². The van der Waals surface area contributed by atoms with E-state index in [1.165, 1.54) is 12.1 Å². The van der Waals surface area contributed by atoms with E-state index in [1.807, 2.05) is 30.3 Å². The third-order valence-corrected chi connectivity index (χ3v) is 3.00. The molecule has 2 aromatic rings. The summed E-state index contributed by atoms with van der Waals surface area (Å²) >= 11 is 0. The van der Waals surface area contributed by atoms with E-state index in [1.54, 1.807) is 0 Å². The smallest absolute Gasteiger partial charge is 0.126 e. The Labute approximate surface area is 117 Å². The third-order valence-electron chi connectivity index (χ3n) is 3.00. The average Bonchev–Trinajstić information content (AvgIpc) is 2.43. The van der Waals surface area contributed by atoms with Gasteiger partial charge in [0, 0.05) is 18.3 Å². The molecule has 0 spiro atoms. The van der Waals surface area contributed by atoms with Gasteiger partial charge in [-0.3, -0.25) is 0 Å². The second-order valence-corrected chi connectivity index (χ2v) is 4.72. The summed E-state index contributed by atoms with van der Waals surface area (Å²) in [6.07, 6.45) is 0.316. The van der Waals surface area contributed by atoms with Crippen LogP contribution in [0.3, 0.4) is 0 Å². The fourth-order valence-corrected chi connectivity index (χ4v) is 1.98. The highest BCUT2D eigenvalue weighted by Gasteiger charge is 2.06. The van der Waals surface area contributed by atoms with Gasteiger partial charge in [-0.25, -0.2) is 8.78 Å². The highest BCUT2D eigenvalue weighted by atomic mass is 19.1. The molecule has 0 heterocycles. The Morgan fingerprint density at radius 2 is 1.65 bits per heavy atom. The van der Waals surface area contributed by atoms with Crippen molar-refractivity contribution in [3.8, 4) is 0 Å². The highest BCUT2D eigenvalue weighted by molar-refractivity contribution is 5.42. The van der Waals surface area contributed by atoms with E-state index in [9.17, 15) is 13.9 Å². The first-order valence-corrected chi connectivity index (χ1v) is 6.55. The fraction of sp³-hybridized carbons (Fsp3) is 0.250. The second kappa shape index (κ2) is 7.01. The lowest BCUT2D eigenvalue weighted by Crippen LogP contribution is -2.20. The van der Waals surface area contributed by atoms with E-state index in [2.05, 4.69) is 5.32 Å². The van der Waals surface area contributed by atoms with Crippen LogP contribution in [0.1, 0.15) is 12.0 Å². The molecular weight excluding hydrogens is 260 g/mol. The van der Waals surface area contributed by atoms with Crippen molar-refractivity contribution < 1.29 is 13.9 Å². The van der Waals surface area contributed by atoms with Crippen molar-refractivity contribution in [2.24, 2.45) is 0 Å². The van der Waals surface area contributed by atoms with Gasteiger partial charge in [0.1, 0.15) is 11.6 Å². The van der Waals surface area contributed by atoms with E-state index >= 15 is 0 Å². The van der Waals surface area contributed by atoms with Crippen molar-refractivity contribution in [2.75, 3.05) is 11.9 Å². The number of benzene rings is 2. The monoisotopic (exact) mass is 277 g/mol. The van der Waals surface area contributed by atoms with E-state index in [4.69, 9.17) is 0 Å². The maximum Gasteiger partial charge on any atom is 0.126 e. The van der Waals surface area contributed by atoms with Gasteiger partial charge in [-0.2, -0.15) is 0 Å². The molecule has 0 bridgehead atoms. The topological polar surface area (TPSA) is 32.3 Å². The number of aliphatic hydroxyl groups is 1. The predicted molar refractivity (Wildman–Crippen MR) is 75.6 cm³/mol. The molecule has 2 aromatic carbocycles. The largest absolute Gasteiger partial charge is 0.391 e. The molecule has 2 nitrogen and oxygen atoms in total. The van der Waals surface area contributed by atoms with Gasteiger partial charge in [0.25, 0.3) is 0 Å². The summed E-state index contributed by atoms with van der Waals surface area (Å²) in [6.45, 7) is 0.405. The number of halogens is 2. The first-order valence-electron chi connectivity index (χ1n) is 6.55. The number of aryl methyl sites for hydroxylation is 1. The van der Waals surface area contributed by atoms with Crippen molar-refractivity contribution in [1.29, 1.82) is 0 Å². The lowest BCUT2D eigenvalue weighted by atomic mass is 10.1. The molecule has 0 amide bonds. The molecule has 0 unspecified atom stereocenters. The number of para-hydroxylation sites is 1. The summed E-state index contributed by atoms with van der Waals surface area (Å²) in [5, 5.41) is 13.0. The number of rotatable bonds is 6. The maximum absolute atomic E-state index is 13.0. The van der Waals surface area contributed by atoms with Crippen LogP contribution in [-0.4, -0.2) is 17.8 Å². The van der Waals surface area contributed by atoms with Gasteiger partial charge >= 0.3 is 0 Å². The van der Waals surface area contributed by atoms with Crippen LogP contribution in [0.5, 0.6) is 0 Å². The summed E-state index contributed by atoms with van der Waals surface area (Å²) in [4.78, 5) is 0. The van der Waals surface area contributed by atoms with E-state index < -0.39 is 17.7 Å². The molecule has 0 aliphatic carbocycles. The molecule has 0 fully saturated rings. The van der Waals surface area contributed by atoms with Crippen molar-refractivity contribution in [1.82, 2.24) is 0 Å². The predicted octanol–water partition coefficient (Wildman–Crippen LogP) is 3.37. The number of aliphatic hydroxyl groups excluding tert-OH is 1. The van der Waals surface area contributed by atoms with Gasteiger partial charge in [-0.05, 0) is 42.7 Å². The van der Waals surface area contributed by atoms with Gasteiger partial charge in [0.15, 0.2) is 0 Å². The molecule has 1 atom stereocenters. The Morgan fingerprint density at radius 1 is 1.00 bits per heavy atom. The minimum Gasteiger partial charge on any atom is -0.391 e. The molecule has 0 aliphatic heterocycles. The van der Waals surface area contributed by atoms with Gasteiger partial charge in [-0.15, -0.1) is 0 Å². The SMILES string of the molecule is O[C@H](CCc1cc(F)cc(F)c1)CNc1ccccc1. The second-order valence-electron chi connectivity index (χ2n) is 4.72. The molecule has 2 N–H and O–H groups in total.